The minimum Gasteiger partial charge on any atom is -0.493 e. The molecule has 0 bridgehead atoms. The molecule has 0 amide bonds. The van der Waals surface area contributed by atoms with Gasteiger partial charge in [-0.05, 0) is 98.8 Å². The van der Waals surface area contributed by atoms with E-state index in [9.17, 15) is 4.79 Å². The van der Waals surface area contributed by atoms with E-state index in [2.05, 4.69) is 74.4 Å². The highest BCUT2D eigenvalue weighted by molar-refractivity contribution is 14.1. The summed E-state index contributed by atoms with van der Waals surface area (Å²) in [6.45, 7) is 0.451. The second-order valence-electron chi connectivity index (χ2n) is 7.08. The van der Waals surface area contributed by atoms with Crippen molar-refractivity contribution in [3.63, 3.8) is 0 Å². The lowest BCUT2D eigenvalue weighted by Gasteiger charge is -2.13. The van der Waals surface area contributed by atoms with Gasteiger partial charge >= 0.3 is 0 Å². The Morgan fingerprint density at radius 1 is 1.09 bits per heavy atom. The average Bonchev–Trinajstić information content (AvgIpc) is 3.30. The van der Waals surface area contributed by atoms with Crippen molar-refractivity contribution in [3.05, 3.63) is 93.8 Å². The van der Waals surface area contributed by atoms with Gasteiger partial charge in [-0.2, -0.15) is 0 Å². The van der Waals surface area contributed by atoms with Crippen LogP contribution in [0.1, 0.15) is 11.1 Å². The molecule has 8 heteroatoms. The fourth-order valence-electron chi connectivity index (χ4n) is 3.46. The number of benzene rings is 3. The van der Waals surface area contributed by atoms with Gasteiger partial charge in [-0.15, -0.1) is 0 Å². The fourth-order valence-corrected chi connectivity index (χ4v) is 5.59. The van der Waals surface area contributed by atoms with Gasteiger partial charge in [0.15, 0.2) is 16.5 Å². The second-order valence-corrected chi connectivity index (χ2v) is 10.5. The number of para-hydroxylation sites is 2. The maximum atomic E-state index is 13.0. The van der Waals surface area contributed by atoms with Gasteiger partial charge in [0.25, 0.3) is 5.56 Å². The summed E-state index contributed by atoms with van der Waals surface area (Å²) in [7, 11) is 1.62. The smallest absolute Gasteiger partial charge is 0.274 e. The zero-order valence-corrected chi connectivity index (χ0v) is 22.0. The molecule has 2 heterocycles. The summed E-state index contributed by atoms with van der Waals surface area (Å²) in [5, 5.41) is 0. The number of fused-ring (bicyclic) bond motifs is 3. The normalized spacial score (nSPS) is 12.0. The Balaban J connectivity index is 1.51. The van der Waals surface area contributed by atoms with E-state index < -0.39 is 0 Å². The third-order valence-corrected chi connectivity index (χ3v) is 7.48. The number of halogens is 2. The fraction of sp³-hybridized carbons (Fsp3) is 0.0833. The second kappa shape index (κ2) is 8.99. The first-order chi connectivity index (χ1) is 15.5. The number of hydrogen-bond acceptors (Lipinski definition) is 5. The molecule has 3 aromatic carbocycles. The first kappa shape index (κ1) is 21.7. The van der Waals surface area contributed by atoms with E-state index in [0.29, 0.717) is 27.6 Å². The van der Waals surface area contributed by atoms with Crippen molar-refractivity contribution in [2.45, 2.75) is 6.61 Å². The lowest BCUT2D eigenvalue weighted by atomic mass is 10.2. The SMILES string of the molecule is COc1cc(/C=c2\sc3nc4ccccc4n3c2=O)cc(I)c1OCc1ccc(I)cc1. The zero-order valence-electron chi connectivity index (χ0n) is 16.8. The standard InChI is InChI=1S/C24H16I2N2O3S/c1-30-20-11-15(10-17(26)22(20)31-13-14-6-8-16(25)9-7-14)12-21-23(29)28-19-5-3-2-4-18(19)27-24(28)32-21/h2-12H,13H2,1H3/b21-12-. The number of hydrogen-bond donors (Lipinski definition) is 0. The van der Waals surface area contributed by atoms with Crippen LogP contribution in [-0.4, -0.2) is 16.5 Å². The molecular weight excluding hydrogens is 650 g/mol. The number of imidazole rings is 1. The minimum atomic E-state index is -0.0632. The molecule has 0 aliphatic carbocycles. The summed E-state index contributed by atoms with van der Waals surface area (Å²) in [6.07, 6.45) is 1.88. The van der Waals surface area contributed by atoms with Crippen LogP contribution in [0, 0.1) is 7.14 Å². The highest BCUT2D eigenvalue weighted by Gasteiger charge is 2.14. The van der Waals surface area contributed by atoms with Crippen molar-refractivity contribution in [1.82, 2.24) is 9.38 Å². The molecule has 0 saturated carbocycles. The molecule has 0 saturated heterocycles. The predicted octanol–water partition coefficient (Wildman–Crippen LogP) is 5.25. The number of thiazole rings is 1. The van der Waals surface area contributed by atoms with Crippen molar-refractivity contribution < 1.29 is 9.47 Å². The summed E-state index contributed by atoms with van der Waals surface area (Å²) >= 11 is 5.91. The quantitative estimate of drug-likeness (QED) is 0.241. The monoisotopic (exact) mass is 666 g/mol. The van der Waals surface area contributed by atoms with Gasteiger partial charge in [0, 0.05) is 3.57 Å². The Morgan fingerprint density at radius 3 is 2.66 bits per heavy atom. The number of methoxy groups -OCH3 is 1. The molecule has 0 fully saturated rings. The van der Waals surface area contributed by atoms with Gasteiger partial charge in [0.1, 0.15) is 6.61 Å². The van der Waals surface area contributed by atoms with E-state index in [1.807, 2.05) is 42.5 Å². The zero-order chi connectivity index (χ0) is 22.2. The average molecular weight is 666 g/mol. The first-order valence-corrected chi connectivity index (χ1v) is 12.7. The molecule has 5 rings (SSSR count). The molecule has 2 aromatic heterocycles. The third kappa shape index (κ3) is 4.11. The van der Waals surface area contributed by atoms with Gasteiger partial charge < -0.3 is 9.47 Å². The molecular formula is C24H16I2N2O3S. The van der Waals surface area contributed by atoms with Crippen LogP contribution in [0.4, 0.5) is 0 Å². The van der Waals surface area contributed by atoms with Gasteiger partial charge in [-0.3, -0.25) is 4.79 Å². The molecule has 0 aliphatic heterocycles. The van der Waals surface area contributed by atoms with E-state index in [1.54, 1.807) is 11.5 Å². The van der Waals surface area contributed by atoms with Crippen LogP contribution in [-0.2, 0) is 6.61 Å². The minimum absolute atomic E-state index is 0.0632. The van der Waals surface area contributed by atoms with Crippen LogP contribution in [0.3, 0.4) is 0 Å². The highest BCUT2D eigenvalue weighted by Crippen LogP contribution is 2.35. The lowest BCUT2D eigenvalue weighted by molar-refractivity contribution is 0.282. The summed E-state index contributed by atoms with van der Waals surface area (Å²) in [6, 6.07) is 19.8. The van der Waals surface area contributed by atoms with E-state index >= 15 is 0 Å². The van der Waals surface area contributed by atoms with E-state index in [4.69, 9.17) is 9.47 Å². The van der Waals surface area contributed by atoms with Crippen molar-refractivity contribution in [3.8, 4) is 11.5 Å². The Kier molecular flexibility index (Phi) is 6.08. The molecule has 5 nitrogen and oxygen atoms in total. The number of ether oxygens (including phenoxy) is 2. The molecule has 0 unspecified atom stereocenters. The van der Waals surface area contributed by atoms with Crippen LogP contribution in [0.5, 0.6) is 11.5 Å². The molecule has 160 valence electrons. The van der Waals surface area contributed by atoms with Crippen molar-refractivity contribution in [1.29, 1.82) is 0 Å². The molecule has 0 atom stereocenters. The highest BCUT2D eigenvalue weighted by atomic mass is 127. The summed E-state index contributed by atoms with van der Waals surface area (Å²) in [4.78, 5) is 18.3. The Hall–Kier alpha value is -2.18. The summed E-state index contributed by atoms with van der Waals surface area (Å²) in [5.41, 5.74) is 3.55. The van der Waals surface area contributed by atoms with Gasteiger partial charge in [0.05, 0.1) is 26.2 Å². The molecule has 5 aromatic rings. The third-order valence-electron chi connectivity index (χ3n) is 4.99. The van der Waals surface area contributed by atoms with Crippen LogP contribution >= 0.6 is 56.5 Å². The molecule has 0 aliphatic rings. The topological polar surface area (TPSA) is 52.8 Å². The van der Waals surface area contributed by atoms with Crippen LogP contribution < -0.4 is 19.6 Å². The number of nitrogens with zero attached hydrogens (tertiary/aromatic N) is 2. The Morgan fingerprint density at radius 2 is 1.88 bits per heavy atom. The lowest BCUT2D eigenvalue weighted by Crippen LogP contribution is -2.22. The van der Waals surface area contributed by atoms with E-state index in [-0.39, 0.29) is 5.56 Å². The maximum absolute atomic E-state index is 13.0. The summed E-state index contributed by atoms with van der Waals surface area (Å²) < 4.78 is 16.1. The molecule has 0 spiro atoms. The van der Waals surface area contributed by atoms with Gasteiger partial charge in [0.2, 0.25) is 0 Å². The van der Waals surface area contributed by atoms with Crippen LogP contribution in [0.15, 0.2) is 65.5 Å². The van der Waals surface area contributed by atoms with Crippen molar-refractivity contribution in [2.75, 3.05) is 7.11 Å². The number of rotatable bonds is 5. The van der Waals surface area contributed by atoms with E-state index in [1.165, 1.54) is 14.9 Å². The molecule has 0 radical (unpaired) electrons. The number of aromatic nitrogens is 2. The Bertz CT molecular complexity index is 1560. The van der Waals surface area contributed by atoms with Gasteiger partial charge in [-0.25, -0.2) is 9.38 Å². The molecule has 32 heavy (non-hydrogen) atoms. The predicted molar refractivity (Wildman–Crippen MR) is 145 cm³/mol. The van der Waals surface area contributed by atoms with Crippen molar-refractivity contribution >= 4 is 78.6 Å². The first-order valence-electron chi connectivity index (χ1n) is 9.70. The van der Waals surface area contributed by atoms with Crippen LogP contribution in [0.2, 0.25) is 0 Å². The summed E-state index contributed by atoms with van der Waals surface area (Å²) in [5.74, 6) is 1.33. The largest absolute Gasteiger partial charge is 0.493 e. The van der Waals surface area contributed by atoms with Crippen molar-refractivity contribution in [2.24, 2.45) is 0 Å². The molecule has 0 N–H and O–H groups in total. The Labute approximate surface area is 215 Å². The maximum Gasteiger partial charge on any atom is 0.274 e. The van der Waals surface area contributed by atoms with Gasteiger partial charge in [-0.1, -0.05) is 35.6 Å². The van der Waals surface area contributed by atoms with Crippen LogP contribution in [0.25, 0.3) is 22.1 Å². The van der Waals surface area contributed by atoms with E-state index in [0.717, 1.165) is 25.7 Å².